The molecule has 1 aliphatic rings. The van der Waals surface area contributed by atoms with E-state index < -0.39 is 6.10 Å². The van der Waals surface area contributed by atoms with E-state index in [9.17, 15) is 5.11 Å². The van der Waals surface area contributed by atoms with Crippen molar-refractivity contribution < 1.29 is 14.6 Å². The second-order valence-electron chi connectivity index (χ2n) is 3.76. The quantitative estimate of drug-likeness (QED) is 0.667. The Labute approximate surface area is 79.4 Å². The third-order valence-corrected chi connectivity index (χ3v) is 2.60. The highest BCUT2D eigenvalue weighted by Gasteiger charge is 2.36. The van der Waals surface area contributed by atoms with Gasteiger partial charge in [-0.05, 0) is 21.0 Å². The summed E-state index contributed by atoms with van der Waals surface area (Å²) in [6, 6.07) is 0.119. The molecular weight excluding hydrogens is 170 g/mol. The van der Waals surface area contributed by atoms with Crippen LogP contribution in [0.25, 0.3) is 0 Å². The second-order valence-corrected chi connectivity index (χ2v) is 3.76. The number of hydrogen-bond donors (Lipinski definition) is 1. The van der Waals surface area contributed by atoms with Crippen LogP contribution in [-0.4, -0.2) is 55.8 Å². The Morgan fingerprint density at radius 2 is 2.08 bits per heavy atom. The van der Waals surface area contributed by atoms with E-state index in [2.05, 4.69) is 0 Å². The van der Waals surface area contributed by atoms with Gasteiger partial charge in [-0.1, -0.05) is 0 Å². The summed E-state index contributed by atoms with van der Waals surface area (Å²) in [6.45, 7) is 1.87. The zero-order chi connectivity index (χ0) is 10.0. The Balaban J connectivity index is 2.60. The molecule has 0 aromatic rings. The minimum atomic E-state index is -0.429. The van der Waals surface area contributed by atoms with Gasteiger partial charge in [-0.3, -0.25) is 0 Å². The first-order valence-electron chi connectivity index (χ1n) is 4.59. The summed E-state index contributed by atoms with van der Waals surface area (Å²) in [5.74, 6) is 0. The van der Waals surface area contributed by atoms with Crippen molar-refractivity contribution in [2.75, 3.05) is 21.2 Å². The van der Waals surface area contributed by atoms with Crippen LogP contribution in [0.15, 0.2) is 0 Å². The van der Waals surface area contributed by atoms with Crippen LogP contribution in [0.1, 0.15) is 13.3 Å². The molecule has 0 aliphatic carbocycles. The van der Waals surface area contributed by atoms with Gasteiger partial charge in [0.15, 0.2) is 6.29 Å². The molecule has 13 heavy (non-hydrogen) atoms. The average Bonchev–Trinajstić information content (AvgIpc) is 2.09. The van der Waals surface area contributed by atoms with Gasteiger partial charge in [-0.15, -0.1) is 0 Å². The molecule has 0 saturated carbocycles. The SMILES string of the molecule is CO[C@@H]1C[C@@H](N(C)C)[C@@H](O)[C@@H](C)O1. The van der Waals surface area contributed by atoms with Crippen molar-refractivity contribution in [2.24, 2.45) is 0 Å². The van der Waals surface area contributed by atoms with E-state index in [-0.39, 0.29) is 18.4 Å². The highest BCUT2D eigenvalue weighted by Crippen LogP contribution is 2.23. The van der Waals surface area contributed by atoms with Gasteiger partial charge in [0.1, 0.15) is 0 Å². The minimum Gasteiger partial charge on any atom is -0.389 e. The van der Waals surface area contributed by atoms with E-state index >= 15 is 0 Å². The van der Waals surface area contributed by atoms with E-state index in [0.717, 1.165) is 6.42 Å². The van der Waals surface area contributed by atoms with Crippen LogP contribution in [0, 0.1) is 0 Å². The Morgan fingerprint density at radius 3 is 2.54 bits per heavy atom. The van der Waals surface area contributed by atoms with E-state index in [1.165, 1.54) is 0 Å². The molecule has 0 aromatic carbocycles. The van der Waals surface area contributed by atoms with Gasteiger partial charge in [0.05, 0.1) is 12.2 Å². The standard InChI is InChI=1S/C9H19NO3/c1-6-9(11)7(10(2)3)5-8(12-4)13-6/h6-9,11H,5H2,1-4H3/t6-,7-,8+,9+/m1/s1. The Bertz CT molecular complexity index is 163. The lowest BCUT2D eigenvalue weighted by Gasteiger charge is -2.40. The molecule has 1 fully saturated rings. The van der Waals surface area contributed by atoms with Crippen LogP contribution in [0.5, 0.6) is 0 Å². The van der Waals surface area contributed by atoms with Gasteiger partial charge in [0.2, 0.25) is 0 Å². The molecule has 1 saturated heterocycles. The molecule has 0 spiro atoms. The fraction of sp³-hybridized carbons (Fsp3) is 1.00. The van der Waals surface area contributed by atoms with Gasteiger partial charge in [0, 0.05) is 19.6 Å². The van der Waals surface area contributed by atoms with Crippen molar-refractivity contribution in [3.63, 3.8) is 0 Å². The maximum absolute atomic E-state index is 9.80. The normalized spacial score (nSPS) is 41.1. The predicted molar refractivity (Wildman–Crippen MR) is 49.4 cm³/mol. The van der Waals surface area contributed by atoms with Gasteiger partial charge < -0.3 is 19.5 Å². The average molecular weight is 189 g/mol. The van der Waals surface area contributed by atoms with Crippen molar-refractivity contribution in [3.05, 3.63) is 0 Å². The molecule has 1 N–H and O–H groups in total. The summed E-state index contributed by atoms with van der Waals surface area (Å²) in [5, 5.41) is 9.80. The lowest BCUT2D eigenvalue weighted by atomic mass is 9.99. The van der Waals surface area contributed by atoms with Gasteiger partial charge in [-0.25, -0.2) is 0 Å². The smallest absolute Gasteiger partial charge is 0.159 e. The third-order valence-electron chi connectivity index (χ3n) is 2.60. The first kappa shape index (κ1) is 10.9. The van der Waals surface area contributed by atoms with Gasteiger partial charge in [0.25, 0.3) is 0 Å². The first-order chi connectivity index (χ1) is 6.06. The summed E-state index contributed by atoms with van der Waals surface area (Å²) < 4.78 is 10.6. The molecule has 0 bridgehead atoms. The molecule has 0 unspecified atom stereocenters. The number of aliphatic hydroxyl groups is 1. The van der Waals surface area contributed by atoms with E-state index in [0.29, 0.717) is 0 Å². The molecule has 4 heteroatoms. The number of aliphatic hydroxyl groups excluding tert-OH is 1. The van der Waals surface area contributed by atoms with Crippen molar-refractivity contribution in [1.82, 2.24) is 4.90 Å². The Hall–Kier alpha value is -0.160. The summed E-state index contributed by atoms with van der Waals surface area (Å²) in [4.78, 5) is 2.01. The van der Waals surface area contributed by atoms with E-state index in [1.54, 1.807) is 7.11 Å². The van der Waals surface area contributed by atoms with Crippen LogP contribution < -0.4 is 0 Å². The number of ether oxygens (including phenoxy) is 2. The van der Waals surface area contributed by atoms with Crippen molar-refractivity contribution >= 4 is 0 Å². The molecule has 4 nitrogen and oxygen atoms in total. The van der Waals surface area contributed by atoms with Crippen LogP contribution in [0.2, 0.25) is 0 Å². The number of nitrogens with zero attached hydrogens (tertiary/aromatic N) is 1. The lowest BCUT2D eigenvalue weighted by molar-refractivity contribution is -0.224. The van der Waals surface area contributed by atoms with E-state index in [1.807, 2.05) is 25.9 Å². The Kier molecular flexibility index (Phi) is 3.67. The molecule has 0 amide bonds. The summed E-state index contributed by atoms with van der Waals surface area (Å²) in [7, 11) is 5.54. The van der Waals surface area contributed by atoms with Crippen molar-refractivity contribution in [2.45, 2.75) is 37.9 Å². The minimum absolute atomic E-state index is 0.119. The molecule has 1 rings (SSSR count). The van der Waals surface area contributed by atoms with Crippen molar-refractivity contribution in [3.8, 4) is 0 Å². The molecule has 4 atom stereocenters. The molecule has 0 radical (unpaired) electrons. The summed E-state index contributed by atoms with van der Waals surface area (Å²) >= 11 is 0. The number of likely N-dealkylation sites (N-methyl/N-ethyl adjacent to an activating group) is 1. The molecule has 1 aliphatic heterocycles. The molecule has 78 valence electrons. The number of methoxy groups -OCH3 is 1. The third kappa shape index (κ3) is 2.40. The zero-order valence-electron chi connectivity index (χ0n) is 8.73. The van der Waals surface area contributed by atoms with Crippen molar-refractivity contribution in [1.29, 1.82) is 0 Å². The predicted octanol–water partition coefficient (Wildman–Crippen LogP) is 0.0588. The maximum atomic E-state index is 9.80. The first-order valence-corrected chi connectivity index (χ1v) is 4.59. The summed E-state index contributed by atoms with van der Waals surface area (Å²) in [5.41, 5.74) is 0. The van der Waals surface area contributed by atoms with Crippen LogP contribution in [0.3, 0.4) is 0 Å². The van der Waals surface area contributed by atoms with Crippen LogP contribution >= 0.6 is 0 Å². The van der Waals surface area contributed by atoms with Crippen LogP contribution in [0.4, 0.5) is 0 Å². The fourth-order valence-corrected chi connectivity index (χ4v) is 1.69. The lowest BCUT2D eigenvalue weighted by Crippen LogP contribution is -2.53. The van der Waals surface area contributed by atoms with Crippen LogP contribution in [-0.2, 0) is 9.47 Å². The summed E-state index contributed by atoms with van der Waals surface area (Å²) in [6.07, 6.45) is -0.0621. The number of hydrogen-bond acceptors (Lipinski definition) is 4. The highest BCUT2D eigenvalue weighted by atomic mass is 16.7. The fourth-order valence-electron chi connectivity index (χ4n) is 1.69. The second kappa shape index (κ2) is 4.37. The topological polar surface area (TPSA) is 41.9 Å². The molecule has 1 heterocycles. The van der Waals surface area contributed by atoms with Gasteiger partial charge in [-0.2, -0.15) is 0 Å². The largest absolute Gasteiger partial charge is 0.389 e. The maximum Gasteiger partial charge on any atom is 0.159 e. The monoisotopic (exact) mass is 189 g/mol. The number of rotatable bonds is 2. The van der Waals surface area contributed by atoms with Gasteiger partial charge >= 0.3 is 0 Å². The highest BCUT2D eigenvalue weighted by molar-refractivity contribution is 4.85. The Morgan fingerprint density at radius 1 is 1.46 bits per heavy atom. The zero-order valence-corrected chi connectivity index (χ0v) is 8.73. The molecule has 0 aromatic heterocycles. The van der Waals surface area contributed by atoms with E-state index in [4.69, 9.17) is 9.47 Å². The molecular formula is C9H19NO3.